The van der Waals surface area contributed by atoms with Crippen molar-refractivity contribution in [2.75, 3.05) is 12.3 Å². The third-order valence-electron chi connectivity index (χ3n) is 2.87. The van der Waals surface area contributed by atoms with E-state index in [1.54, 1.807) is 0 Å². The van der Waals surface area contributed by atoms with E-state index in [1.165, 1.54) is 0 Å². The molecule has 2 rings (SSSR count). The van der Waals surface area contributed by atoms with Gasteiger partial charge in [0.25, 0.3) is 0 Å². The summed E-state index contributed by atoms with van der Waals surface area (Å²) in [5.74, 6) is 0.989. The largest absolute Gasteiger partial charge is 0.338 e. The van der Waals surface area contributed by atoms with Gasteiger partial charge in [0.1, 0.15) is 5.25 Å². The van der Waals surface area contributed by atoms with Gasteiger partial charge in [0.05, 0.1) is 12.3 Å². The first-order valence-electron chi connectivity index (χ1n) is 5.88. The van der Waals surface area contributed by atoms with Crippen LogP contribution >= 0.6 is 0 Å². The topological polar surface area (TPSA) is 85.1 Å². The highest BCUT2D eigenvalue weighted by Gasteiger charge is 2.34. The molecule has 0 bridgehead atoms. The highest BCUT2D eigenvalue weighted by Crippen LogP contribution is 2.32. The van der Waals surface area contributed by atoms with Crippen LogP contribution in [0.5, 0.6) is 0 Å². The summed E-state index contributed by atoms with van der Waals surface area (Å²) < 4.78 is 28.8. The van der Waals surface area contributed by atoms with Gasteiger partial charge in [0.2, 0.25) is 5.89 Å². The molecule has 17 heavy (non-hydrogen) atoms. The van der Waals surface area contributed by atoms with E-state index in [4.69, 9.17) is 4.52 Å². The van der Waals surface area contributed by atoms with Crippen molar-refractivity contribution in [3.05, 3.63) is 11.7 Å². The van der Waals surface area contributed by atoms with E-state index < -0.39 is 15.1 Å². The Hall–Kier alpha value is -0.950. The smallest absolute Gasteiger partial charge is 0.245 e. The lowest BCUT2D eigenvalue weighted by Crippen LogP contribution is -2.22. The molecule has 0 saturated carbocycles. The molecule has 0 aliphatic carbocycles. The molecule has 1 fully saturated rings. The fourth-order valence-electron chi connectivity index (χ4n) is 1.94. The van der Waals surface area contributed by atoms with Gasteiger partial charge in [-0.05, 0) is 19.4 Å². The Morgan fingerprint density at radius 1 is 1.47 bits per heavy atom. The molecule has 0 aromatic carbocycles. The van der Waals surface area contributed by atoms with Crippen molar-refractivity contribution >= 4 is 9.84 Å². The molecule has 2 heterocycles. The number of aromatic nitrogens is 2. The fraction of sp³-hybridized carbons (Fsp3) is 0.800. The second-order valence-corrected chi connectivity index (χ2v) is 6.48. The van der Waals surface area contributed by atoms with Crippen LogP contribution in [0.1, 0.15) is 43.2 Å². The lowest BCUT2D eigenvalue weighted by atomic mass is 10.2. The maximum absolute atomic E-state index is 11.9. The predicted molar refractivity (Wildman–Crippen MR) is 62.1 cm³/mol. The maximum Gasteiger partial charge on any atom is 0.245 e. The van der Waals surface area contributed by atoms with Gasteiger partial charge in [-0.1, -0.05) is 18.5 Å². The maximum atomic E-state index is 11.9. The number of sulfone groups is 1. The molecule has 6 nitrogen and oxygen atoms in total. The van der Waals surface area contributed by atoms with Crippen molar-refractivity contribution in [2.45, 2.75) is 38.0 Å². The minimum absolute atomic E-state index is 0.225. The van der Waals surface area contributed by atoms with Crippen LogP contribution in [0.25, 0.3) is 0 Å². The second-order valence-electron chi connectivity index (χ2n) is 4.18. The van der Waals surface area contributed by atoms with Gasteiger partial charge < -0.3 is 9.84 Å². The highest BCUT2D eigenvalue weighted by molar-refractivity contribution is 7.91. The molecule has 1 N–H and O–H groups in total. The minimum atomic E-state index is -3.10. The lowest BCUT2D eigenvalue weighted by Gasteiger charge is -2.18. The van der Waals surface area contributed by atoms with Crippen molar-refractivity contribution in [1.82, 2.24) is 15.5 Å². The van der Waals surface area contributed by atoms with E-state index in [9.17, 15) is 8.42 Å². The molecule has 1 aromatic heterocycles. The van der Waals surface area contributed by atoms with E-state index in [-0.39, 0.29) is 11.6 Å². The van der Waals surface area contributed by atoms with E-state index in [0.717, 1.165) is 19.4 Å². The molecule has 1 unspecified atom stereocenters. The normalized spacial score (nSPS) is 23.7. The molecule has 96 valence electrons. The summed E-state index contributed by atoms with van der Waals surface area (Å²) in [6.45, 7) is 3.30. The quantitative estimate of drug-likeness (QED) is 0.861. The van der Waals surface area contributed by atoms with Crippen LogP contribution in [0.15, 0.2) is 4.52 Å². The highest BCUT2D eigenvalue weighted by atomic mass is 32.2. The van der Waals surface area contributed by atoms with Crippen LogP contribution in [-0.2, 0) is 16.4 Å². The standard InChI is InChI=1S/C10H17N3O3S/c1-2-11-7-9-12-10(16-13-9)8-5-3-4-6-17(8,14)15/h8,11H,2-7H2,1H3. The zero-order chi connectivity index (χ0) is 12.3. The Morgan fingerprint density at radius 3 is 3.00 bits per heavy atom. The summed E-state index contributed by atoms with van der Waals surface area (Å²) in [6.07, 6.45) is 2.22. The summed E-state index contributed by atoms with van der Waals surface area (Å²) in [7, 11) is -3.10. The zero-order valence-corrected chi connectivity index (χ0v) is 10.7. The third-order valence-corrected chi connectivity index (χ3v) is 5.03. The van der Waals surface area contributed by atoms with Gasteiger partial charge in [0, 0.05) is 0 Å². The Balaban J connectivity index is 2.13. The summed E-state index contributed by atoms with van der Waals surface area (Å²) in [5, 5.41) is 6.25. The van der Waals surface area contributed by atoms with Gasteiger partial charge >= 0.3 is 0 Å². The van der Waals surface area contributed by atoms with E-state index in [0.29, 0.717) is 18.8 Å². The Labute approximate surface area is 101 Å². The first-order valence-corrected chi connectivity index (χ1v) is 7.60. The summed E-state index contributed by atoms with van der Waals surface area (Å²) >= 11 is 0. The number of rotatable bonds is 4. The van der Waals surface area contributed by atoms with Crippen molar-refractivity contribution < 1.29 is 12.9 Å². The van der Waals surface area contributed by atoms with Gasteiger partial charge in [0.15, 0.2) is 15.7 Å². The molecule has 1 atom stereocenters. The Morgan fingerprint density at radius 2 is 2.29 bits per heavy atom. The van der Waals surface area contributed by atoms with Crippen molar-refractivity contribution in [2.24, 2.45) is 0 Å². The molecule has 0 amide bonds. The van der Waals surface area contributed by atoms with E-state index >= 15 is 0 Å². The molecule has 1 saturated heterocycles. The van der Waals surface area contributed by atoms with Crippen LogP contribution < -0.4 is 5.32 Å². The number of hydrogen-bond acceptors (Lipinski definition) is 6. The molecule has 0 radical (unpaired) electrons. The van der Waals surface area contributed by atoms with E-state index in [1.807, 2.05) is 6.92 Å². The molecular weight excluding hydrogens is 242 g/mol. The van der Waals surface area contributed by atoms with E-state index in [2.05, 4.69) is 15.5 Å². The number of nitrogens with one attached hydrogen (secondary N) is 1. The molecule has 1 aliphatic rings. The van der Waals surface area contributed by atoms with Crippen LogP contribution in [0.3, 0.4) is 0 Å². The van der Waals surface area contributed by atoms with Crippen LogP contribution in [0.4, 0.5) is 0 Å². The van der Waals surface area contributed by atoms with Gasteiger partial charge in [-0.3, -0.25) is 0 Å². The molecular formula is C10H17N3O3S. The molecule has 7 heteroatoms. The SMILES string of the molecule is CCNCc1noc(C2CCCCS2(=O)=O)n1. The Kier molecular flexibility index (Phi) is 3.78. The summed E-state index contributed by atoms with van der Waals surface area (Å²) in [4.78, 5) is 4.15. The van der Waals surface area contributed by atoms with Gasteiger partial charge in [-0.2, -0.15) is 4.98 Å². The third kappa shape index (κ3) is 2.84. The predicted octanol–water partition coefficient (Wildman–Crippen LogP) is 0.819. The molecule has 1 aliphatic heterocycles. The number of nitrogens with zero attached hydrogens (tertiary/aromatic N) is 2. The minimum Gasteiger partial charge on any atom is -0.338 e. The second kappa shape index (κ2) is 5.14. The average Bonchev–Trinajstić information content (AvgIpc) is 2.74. The van der Waals surface area contributed by atoms with Crippen molar-refractivity contribution in [3.63, 3.8) is 0 Å². The van der Waals surface area contributed by atoms with Crippen molar-refractivity contribution in [1.29, 1.82) is 0 Å². The first-order chi connectivity index (χ1) is 8.13. The summed E-state index contributed by atoms with van der Waals surface area (Å²) in [5.41, 5.74) is 0. The Bertz CT molecular complexity index is 469. The lowest BCUT2D eigenvalue weighted by molar-refractivity contribution is 0.358. The summed E-state index contributed by atoms with van der Waals surface area (Å²) in [6, 6.07) is 0. The monoisotopic (exact) mass is 259 g/mol. The molecule has 1 aromatic rings. The van der Waals surface area contributed by atoms with Gasteiger partial charge in [-0.25, -0.2) is 8.42 Å². The fourth-order valence-corrected chi connectivity index (χ4v) is 3.76. The first kappa shape index (κ1) is 12.5. The van der Waals surface area contributed by atoms with Crippen LogP contribution in [-0.4, -0.2) is 30.9 Å². The van der Waals surface area contributed by atoms with Crippen LogP contribution in [0.2, 0.25) is 0 Å². The molecule has 0 spiro atoms. The average molecular weight is 259 g/mol. The van der Waals surface area contributed by atoms with Gasteiger partial charge in [-0.15, -0.1) is 0 Å². The van der Waals surface area contributed by atoms with Crippen molar-refractivity contribution in [3.8, 4) is 0 Å². The number of hydrogen-bond donors (Lipinski definition) is 1. The zero-order valence-electron chi connectivity index (χ0n) is 9.85. The van der Waals surface area contributed by atoms with Crippen LogP contribution in [0, 0.1) is 0 Å².